The fourth-order valence-corrected chi connectivity index (χ4v) is 3.58. The summed E-state index contributed by atoms with van der Waals surface area (Å²) in [6.07, 6.45) is 2.84. The summed E-state index contributed by atoms with van der Waals surface area (Å²) in [4.78, 5) is 0. The largest absolute Gasteiger partial charge is 0.385 e. The van der Waals surface area contributed by atoms with Crippen molar-refractivity contribution in [3.05, 3.63) is 54.6 Å². The van der Waals surface area contributed by atoms with Crippen molar-refractivity contribution in [2.24, 2.45) is 11.3 Å². The molecule has 2 atom stereocenters. The van der Waals surface area contributed by atoms with Crippen molar-refractivity contribution in [3.63, 3.8) is 0 Å². The van der Waals surface area contributed by atoms with Crippen LogP contribution in [0.5, 0.6) is 0 Å². The van der Waals surface area contributed by atoms with Gasteiger partial charge in [0.25, 0.3) is 0 Å². The molecule has 1 aliphatic rings. The van der Waals surface area contributed by atoms with E-state index in [1.807, 2.05) is 37.3 Å². The molecule has 1 aromatic carbocycles. The molecule has 0 aliphatic heterocycles. The van der Waals surface area contributed by atoms with Crippen molar-refractivity contribution in [2.75, 3.05) is 0 Å². The van der Waals surface area contributed by atoms with Crippen LogP contribution in [0, 0.1) is 11.3 Å². The van der Waals surface area contributed by atoms with Crippen LogP contribution in [0.15, 0.2) is 49.1 Å². The molecule has 1 nitrogen and oxygen atoms in total. The van der Waals surface area contributed by atoms with Crippen LogP contribution in [-0.2, 0) is 0 Å². The molecule has 2 rings (SSSR count). The first-order valence-corrected chi connectivity index (χ1v) is 7.39. The van der Waals surface area contributed by atoms with Crippen LogP contribution in [0.3, 0.4) is 0 Å². The summed E-state index contributed by atoms with van der Waals surface area (Å²) >= 11 is 0. The summed E-state index contributed by atoms with van der Waals surface area (Å²) in [5.41, 5.74) is 2.17. The molecule has 0 aromatic heterocycles. The Morgan fingerprint density at radius 1 is 1.20 bits per heavy atom. The molecule has 1 N–H and O–H groups in total. The van der Waals surface area contributed by atoms with Gasteiger partial charge in [0.15, 0.2) is 0 Å². The minimum Gasteiger partial charge on any atom is -0.385 e. The van der Waals surface area contributed by atoms with E-state index < -0.39 is 5.60 Å². The molecule has 0 radical (unpaired) electrons. The van der Waals surface area contributed by atoms with Crippen molar-refractivity contribution >= 4 is 5.57 Å². The first kappa shape index (κ1) is 15.1. The summed E-state index contributed by atoms with van der Waals surface area (Å²) in [5.74, 6) is 0.100. The van der Waals surface area contributed by atoms with Crippen molar-refractivity contribution in [3.8, 4) is 0 Å². The highest BCUT2D eigenvalue weighted by atomic mass is 16.3. The summed E-state index contributed by atoms with van der Waals surface area (Å²) in [7, 11) is 0. The molecular weight excluding hydrogens is 244 g/mol. The SMILES string of the molecule is C=C(C)[C@@H]1CCC(C)(C)C[C@@]1(O)C(=C)c1ccccc1. The van der Waals surface area contributed by atoms with E-state index in [0.717, 1.165) is 36.0 Å². The molecule has 1 saturated carbocycles. The zero-order valence-corrected chi connectivity index (χ0v) is 12.9. The number of benzene rings is 1. The average Bonchev–Trinajstić information content (AvgIpc) is 2.37. The standard InChI is InChI=1S/C19H26O/c1-14(2)17-11-12-18(4,5)13-19(17,20)15(3)16-9-7-6-8-10-16/h6-10,17,20H,1,3,11-13H2,2,4-5H3/t17-,19+/m0/s1. The van der Waals surface area contributed by atoms with E-state index in [0.29, 0.717) is 0 Å². The highest BCUT2D eigenvalue weighted by Crippen LogP contribution is 2.51. The summed E-state index contributed by atoms with van der Waals surface area (Å²) in [6, 6.07) is 10.0. The third kappa shape index (κ3) is 2.73. The van der Waals surface area contributed by atoms with Crippen LogP contribution in [0.25, 0.3) is 5.57 Å². The number of aliphatic hydroxyl groups is 1. The average molecular weight is 270 g/mol. The molecule has 1 heteroatoms. The smallest absolute Gasteiger partial charge is 0.0966 e. The van der Waals surface area contributed by atoms with E-state index in [1.165, 1.54) is 0 Å². The highest BCUT2D eigenvalue weighted by molar-refractivity contribution is 5.71. The third-order valence-electron chi connectivity index (χ3n) is 4.67. The maximum absolute atomic E-state index is 11.4. The molecular formula is C19H26O. The Kier molecular flexibility index (Phi) is 3.93. The van der Waals surface area contributed by atoms with Crippen molar-refractivity contribution in [1.82, 2.24) is 0 Å². The zero-order valence-electron chi connectivity index (χ0n) is 12.9. The first-order valence-electron chi connectivity index (χ1n) is 7.39. The minimum absolute atomic E-state index is 0.100. The van der Waals surface area contributed by atoms with E-state index in [1.54, 1.807) is 0 Å². The lowest BCUT2D eigenvalue weighted by Crippen LogP contribution is -2.47. The Balaban J connectivity index is 2.41. The number of hydrogen-bond acceptors (Lipinski definition) is 1. The second-order valence-electron chi connectivity index (χ2n) is 7.05. The van der Waals surface area contributed by atoms with Crippen LogP contribution in [0.4, 0.5) is 0 Å². The maximum Gasteiger partial charge on any atom is 0.0966 e. The molecule has 0 bridgehead atoms. The van der Waals surface area contributed by atoms with E-state index in [-0.39, 0.29) is 11.3 Å². The minimum atomic E-state index is -0.880. The molecule has 1 aromatic rings. The normalized spacial score (nSPS) is 28.9. The van der Waals surface area contributed by atoms with E-state index in [9.17, 15) is 5.11 Å². The van der Waals surface area contributed by atoms with Gasteiger partial charge < -0.3 is 5.11 Å². The van der Waals surface area contributed by atoms with Crippen molar-refractivity contribution in [1.29, 1.82) is 0 Å². The second kappa shape index (κ2) is 5.21. The Morgan fingerprint density at radius 3 is 2.35 bits per heavy atom. The van der Waals surface area contributed by atoms with Gasteiger partial charge in [-0.3, -0.25) is 0 Å². The van der Waals surface area contributed by atoms with Crippen molar-refractivity contribution < 1.29 is 5.11 Å². The quantitative estimate of drug-likeness (QED) is 0.780. The van der Waals surface area contributed by atoms with Gasteiger partial charge in [0.05, 0.1) is 5.60 Å². The first-order chi connectivity index (χ1) is 9.26. The molecule has 0 spiro atoms. The third-order valence-corrected chi connectivity index (χ3v) is 4.67. The molecule has 20 heavy (non-hydrogen) atoms. The van der Waals surface area contributed by atoms with E-state index in [4.69, 9.17) is 0 Å². The Hall–Kier alpha value is -1.34. The van der Waals surface area contributed by atoms with Crippen LogP contribution in [0.1, 0.15) is 45.6 Å². The van der Waals surface area contributed by atoms with Crippen LogP contribution in [-0.4, -0.2) is 10.7 Å². The number of hydrogen-bond donors (Lipinski definition) is 1. The summed E-state index contributed by atoms with van der Waals surface area (Å²) in [6.45, 7) is 14.8. The van der Waals surface area contributed by atoms with Gasteiger partial charge in [-0.15, -0.1) is 0 Å². The monoisotopic (exact) mass is 270 g/mol. The molecule has 0 unspecified atom stereocenters. The number of rotatable bonds is 3. The topological polar surface area (TPSA) is 20.2 Å². The lowest BCUT2D eigenvalue weighted by atomic mass is 9.60. The van der Waals surface area contributed by atoms with Gasteiger partial charge in [-0.05, 0) is 42.7 Å². The molecule has 108 valence electrons. The lowest BCUT2D eigenvalue weighted by Gasteiger charge is -2.48. The molecule has 1 fully saturated rings. The Labute approximate surface area is 123 Å². The molecule has 0 heterocycles. The summed E-state index contributed by atoms with van der Waals surface area (Å²) < 4.78 is 0. The lowest BCUT2D eigenvalue weighted by molar-refractivity contribution is -0.0257. The van der Waals surface area contributed by atoms with Crippen LogP contribution < -0.4 is 0 Å². The molecule has 0 amide bonds. The van der Waals surface area contributed by atoms with Gasteiger partial charge >= 0.3 is 0 Å². The van der Waals surface area contributed by atoms with Gasteiger partial charge in [0.1, 0.15) is 0 Å². The van der Waals surface area contributed by atoms with E-state index >= 15 is 0 Å². The summed E-state index contributed by atoms with van der Waals surface area (Å²) in [5, 5.41) is 11.4. The van der Waals surface area contributed by atoms with Gasteiger partial charge in [-0.25, -0.2) is 0 Å². The van der Waals surface area contributed by atoms with Gasteiger partial charge in [-0.1, -0.05) is 62.9 Å². The predicted molar refractivity (Wildman–Crippen MR) is 86.4 cm³/mol. The zero-order chi connectivity index (χ0) is 15.0. The fraction of sp³-hybridized carbons (Fsp3) is 0.474. The van der Waals surface area contributed by atoms with E-state index in [2.05, 4.69) is 27.0 Å². The van der Waals surface area contributed by atoms with Gasteiger partial charge in [0, 0.05) is 5.92 Å². The Morgan fingerprint density at radius 2 is 1.80 bits per heavy atom. The fourth-order valence-electron chi connectivity index (χ4n) is 3.58. The van der Waals surface area contributed by atoms with Gasteiger partial charge in [0.2, 0.25) is 0 Å². The molecule has 1 aliphatic carbocycles. The Bertz CT molecular complexity index is 512. The maximum atomic E-state index is 11.4. The predicted octanol–water partition coefficient (Wildman–Crippen LogP) is 4.83. The van der Waals surface area contributed by atoms with Crippen molar-refractivity contribution in [2.45, 2.75) is 45.6 Å². The van der Waals surface area contributed by atoms with Crippen LogP contribution >= 0.6 is 0 Å². The highest BCUT2D eigenvalue weighted by Gasteiger charge is 2.47. The molecule has 0 saturated heterocycles. The van der Waals surface area contributed by atoms with Gasteiger partial charge in [-0.2, -0.15) is 0 Å². The second-order valence-corrected chi connectivity index (χ2v) is 7.05. The van der Waals surface area contributed by atoms with Crippen LogP contribution in [0.2, 0.25) is 0 Å².